The Morgan fingerprint density at radius 2 is 1.70 bits per heavy atom. The molecule has 0 saturated carbocycles. The van der Waals surface area contributed by atoms with Crippen LogP contribution in [-0.2, 0) is 16.6 Å². The van der Waals surface area contributed by atoms with E-state index in [0.29, 0.717) is 30.2 Å². The van der Waals surface area contributed by atoms with Crippen LogP contribution in [0, 0.1) is 0 Å². The van der Waals surface area contributed by atoms with Crippen molar-refractivity contribution in [1.82, 2.24) is 9.21 Å². The lowest BCUT2D eigenvalue weighted by atomic mass is 10.1. The summed E-state index contributed by atoms with van der Waals surface area (Å²) < 4.78 is 33.4. The Kier molecular flexibility index (Phi) is 7.39. The van der Waals surface area contributed by atoms with Gasteiger partial charge in [0.1, 0.15) is 10.6 Å². The Hall–Kier alpha value is -2.09. The Morgan fingerprint density at radius 3 is 2.30 bits per heavy atom. The second-order valence-corrected chi connectivity index (χ2v) is 9.81. The van der Waals surface area contributed by atoms with Gasteiger partial charge in [0, 0.05) is 37.3 Å². The van der Waals surface area contributed by atoms with Crippen LogP contribution in [0.2, 0.25) is 5.02 Å². The molecule has 3 rings (SSSR count). The summed E-state index contributed by atoms with van der Waals surface area (Å²) in [6.07, 6.45) is 3.72. The number of amides is 1. The molecule has 0 spiro atoms. The fourth-order valence-corrected chi connectivity index (χ4v) is 5.41. The van der Waals surface area contributed by atoms with E-state index < -0.39 is 10.0 Å². The summed E-state index contributed by atoms with van der Waals surface area (Å²) >= 11 is 5.92. The second kappa shape index (κ2) is 9.81. The van der Waals surface area contributed by atoms with Gasteiger partial charge in [-0.05, 0) is 48.7 Å². The molecular formula is C22H27ClN2O4S. The molecule has 1 fully saturated rings. The van der Waals surface area contributed by atoms with Crippen molar-refractivity contribution in [3.63, 3.8) is 0 Å². The molecule has 1 heterocycles. The zero-order chi connectivity index (χ0) is 21.7. The van der Waals surface area contributed by atoms with Gasteiger partial charge in [-0.15, -0.1) is 0 Å². The summed E-state index contributed by atoms with van der Waals surface area (Å²) in [6.45, 7) is 1.36. The first-order valence-corrected chi connectivity index (χ1v) is 11.8. The summed E-state index contributed by atoms with van der Waals surface area (Å²) in [7, 11) is -0.630. The average molecular weight is 451 g/mol. The third kappa shape index (κ3) is 5.14. The number of ether oxygens (including phenoxy) is 1. The lowest BCUT2D eigenvalue weighted by Gasteiger charge is -2.22. The lowest BCUT2D eigenvalue weighted by molar-refractivity contribution is 0.0785. The van der Waals surface area contributed by atoms with Crippen LogP contribution in [0.4, 0.5) is 0 Å². The summed E-state index contributed by atoms with van der Waals surface area (Å²) in [5, 5.41) is 0.631. The molecule has 1 aliphatic rings. The van der Waals surface area contributed by atoms with Crippen LogP contribution >= 0.6 is 11.6 Å². The fourth-order valence-electron chi connectivity index (χ4n) is 3.59. The van der Waals surface area contributed by atoms with Crippen LogP contribution < -0.4 is 4.74 Å². The van der Waals surface area contributed by atoms with Crippen molar-refractivity contribution in [2.45, 2.75) is 37.1 Å². The first-order chi connectivity index (χ1) is 14.3. The molecule has 1 aliphatic heterocycles. The van der Waals surface area contributed by atoms with Crippen molar-refractivity contribution in [3.05, 3.63) is 58.6 Å². The number of nitrogens with zero attached hydrogens (tertiary/aromatic N) is 2. The fraction of sp³-hybridized carbons (Fsp3) is 0.409. The molecule has 2 aromatic rings. The van der Waals surface area contributed by atoms with Gasteiger partial charge in [-0.25, -0.2) is 8.42 Å². The molecule has 30 heavy (non-hydrogen) atoms. The van der Waals surface area contributed by atoms with Gasteiger partial charge in [0.05, 0.1) is 7.11 Å². The van der Waals surface area contributed by atoms with Crippen LogP contribution in [0.1, 0.15) is 41.6 Å². The third-order valence-electron chi connectivity index (χ3n) is 5.27. The average Bonchev–Trinajstić information content (AvgIpc) is 3.04. The van der Waals surface area contributed by atoms with Crippen LogP contribution in [0.25, 0.3) is 0 Å². The van der Waals surface area contributed by atoms with Crippen LogP contribution in [0.15, 0.2) is 47.4 Å². The molecule has 0 aliphatic carbocycles. The normalized spacial score (nSPS) is 15.4. The van der Waals surface area contributed by atoms with E-state index in [1.807, 2.05) is 12.1 Å². The lowest BCUT2D eigenvalue weighted by Crippen LogP contribution is -2.32. The molecule has 8 heteroatoms. The number of carbonyl (C=O) groups is 1. The molecule has 2 aromatic carbocycles. The van der Waals surface area contributed by atoms with E-state index in [1.54, 1.807) is 36.2 Å². The van der Waals surface area contributed by atoms with Crippen molar-refractivity contribution in [1.29, 1.82) is 0 Å². The Balaban J connectivity index is 1.87. The molecule has 6 nitrogen and oxygen atoms in total. The topological polar surface area (TPSA) is 66.9 Å². The number of sulfonamides is 1. The molecule has 162 valence electrons. The number of benzene rings is 2. The molecule has 0 N–H and O–H groups in total. The predicted molar refractivity (Wildman–Crippen MR) is 117 cm³/mol. The van der Waals surface area contributed by atoms with Crippen molar-refractivity contribution in [2.24, 2.45) is 0 Å². The molecule has 1 amide bonds. The van der Waals surface area contributed by atoms with Gasteiger partial charge < -0.3 is 9.64 Å². The molecule has 0 bridgehead atoms. The summed E-state index contributed by atoms with van der Waals surface area (Å²) in [6, 6.07) is 11.8. The second-order valence-electron chi connectivity index (χ2n) is 7.47. The van der Waals surface area contributed by atoms with Crippen LogP contribution in [0.5, 0.6) is 5.75 Å². The standard InChI is InChI=1S/C22H27ClN2O4S/c1-24(16-17-7-10-19(23)11-8-17)22(26)18-9-12-20(29-2)21(15-18)30(27,28)25-13-5-3-4-6-14-25/h7-12,15H,3-6,13-14,16H2,1-2H3. The smallest absolute Gasteiger partial charge is 0.253 e. The van der Waals surface area contributed by atoms with Gasteiger partial charge in [0.2, 0.25) is 10.0 Å². The highest BCUT2D eigenvalue weighted by atomic mass is 35.5. The monoisotopic (exact) mass is 450 g/mol. The van der Waals surface area contributed by atoms with Gasteiger partial charge in [0.15, 0.2) is 0 Å². The van der Waals surface area contributed by atoms with Crippen molar-refractivity contribution < 1.29 is 17.9 Å². The number of halogens is 1. The summed E-state index contributed by atoms with van der Waals surface area (Å²) in [5.74, 6) is -0.0175. The van der Waals surface area contributed by atoms with Gasteiger partial charge in [-0.1, -0.05) is 36.6 Å². The maximum atomic E-state index is 13.3. The molecular weight excluding hydrogens is 424 g/mol. The van der Waals surface area contributed by atoms with Crippen LogP contribution in [-0.4, -0.2) is 50.8 Å². The van der Waals surface area contributed by atoms with E-state index in [2.05, 4.69) is 0 Å². The highest BCUT2D eigenvalue weighted by Crippen LogP contribution is 2.30. The first kappa shape index (κ1) is 22.6. The summed E-state index contributed by atoms with van der Waals surface area (Å²) in [5.41, 5.74) is 1.24. The minimum Gasteiger partial charge on any atom is -0.495 e. The predicted octanol–water partition coefficient (Wildman–Crippen LogP) is 4.19. The van der Waals surface area contributed by atoms with Crippen LogP contribution in [0.3, 0.4) is 0 Å². The van der Waals surface area contributed by atoms with Gasteiger partial charge in [-0.2, -0.15) is 4.31 Å². The third-order valence-corrected chi connectivity index (χ3v) is 7.44. The van der Waals surface area contributed by atoms with Gasteiger partial charge >= 0.3 is 0 Å². The number of rotatable bonds is 6. The molecule has 0 atom stereocenters. The SMILES string of the molecule is COc1ccc(C(=O)N(C)Cc2ccc(Cl)cc2)cc1S(=O)(=O)N1CCCCCC1. The van der Waals surface area contributed by atoms with Crippen molar-refractivity contribution in [2.75, 3.05) is 27.2 Å². The molecule has 0 radical (unpaired) electrons. The summed E-state index contributed by atoms with van der Waals surface area (Å²) in [4.78, 5) is 14.6. The zero-order valence-electron chi connectivity index (χ0n) is 17.3. The number of carbonyl (C=O) groups excluding carboxylic acids is 1. The van der Waals surface area contributed by atoms with Gasteiger partial charge in [-0.3, -0.25) is 4.79 Å². The van der Waals surface area contributed by atoms with Gasteiger partial charge in [0.25, 0.3) is 5.91 Å². The van der Waals surface area contributed by atoms with E-state index in [9.17, 15) is 13.2 Å². The minimum absolute atomic E-state index is 0.0395. The largest absolute Gasteiger partial charge is 0.495 e. The number of hydrogen-bond donors (Lipinski definition) is 0. The van der Waals surface area contributed by atoms with E-state index >= 15 is 0 Å². The highest BCUT2D eigenvalue weighted by molar-refractivity contribution is 7.89. The number of hydrogen-bond acceptors (Lipinski definition) is 4. The molecule has 0 aromatic heterocycles. The quantitative estimate of drug-likeness (QED) is 0.662. The maximum Gasteiger partial charge on any atom is 0.253 e. The van der Waals surface area contributed by atoms with Crippen molar-refractivity contribution in [3.8, 4) is 5.75 Å². The maximum absolute atomic E-state index is 13.3. The Labute approximate surface area is 183 Å². The Bertz CT molecular complexity index is 985. The van der Waals surface area contributed by atoms with Crippen molar-refractivity contribution >= 4 is 27.5 Å². The zero-order valence-corrected chi connectivity index (χ0v) is 18.9. The number of methoxy groups -OCH3 is 1. The Morgan fingerprint density at radius 1 is 1.07 bits per heavy atom. The molecule has 0 unspecified atom stereocenters. The van der Waals surface area contributed by atoms with E-state index in [0.717, 1.165) is 31.2 Å². The molecule has 1 saturated heterocycles. The van der Waals surface area contributed by atoms with E-state index in [4.69, 9.17) is 16.3 Å². The minimum atomic E-state index is -3.75. The highest BCUT2D eigenvalue weighted by Gasteiger charge is 2.29. The van der Waals surface area contributed by atoms with E-state index in [-0.39, 0.29) is 16.6 Å². The van der Waals surface area contributed by atoms with E-state index in [1.165, 1.54) is 17.5 Å². The first-order valence-electron chi connectivity index (χ1n) is 10.0.